The standard InChI is InChI=1S/C7H15N3O3/c8-7(9-13)1-2-10-3-5(11)6(12)4-10/h5-6,11-13H,1-4H2,(H2,8,9). The number of likely N-dealkylation sites (tertiary alicyclic amines) is 1. The zero-order chi connectivity index (χ0) is 9.84. The maximum Gasteiger partial charge on any atom is 0.140 e. The van der Waals surface area contributed by atoms with Crippen LogP contribution in [0.15, 0.2) is 5.16 Å². The smallest absolute Gasteiger partial charge is 0.140 e. The maximum atomic E-state index is 9.19. The van der Waals surface area contributed by atoms with Crippen molar-refractivity contribution in [3.8, 4) is 0 Å². The van der Waals surface area contributed by atoms with E-state index in [4.69, 9.17) is 10.9 Å². The van der Waals surface area contributed by atoms with Crippen LogP contribution in [0.3, 0.4) is 0 Å². The summed E-state index contributed by atoms with van der Waals surface area (Å²) in [6, 6.07) is 0. The van der Waals surface area contributed by atoms with Crippen molar-refractivity contribution in [3.63, 3.8) is 0 Å². The van der Waals surface area contributed by atoms with Gasteiger partial charge in [-0.25, -0.2) is 0 Å². The molecule has 0 aromatic rings. The molecular formula is C7H15N3O3. The van der Waals surface area contributed by atoms with Gasteiger partial charge in [0.25, 0.3) is 0 Å². The van der Waals surface area contributed by atoms with E-state index < -0.39 is 12.2 Å². The van der Waals surface area contributed by atoms with E-state index in [1.165, 1.54) is 0 Å². The molecule has 76 valence electrons. The van der Waals surface area contributed by atoms with Crippen LogP contribution in [0.5, 0.6) is 0 Å². The summed E-state index contributed by atoms with van der Waals surface area (Å²) in [5, 5.41) is 29.5. The van der Waals surface area contributed by atoms with Crippen molar-refractivity contribution >= 4 is 5.84 Å². The molecule has 0 aliphatic carbocycles. The van der Waals surface area contributed by atoms with E-state index in [9.17, 15) is 10.2 Å². The predicted molar refractivity (Wildman–Crippen MR) is 46.5 cm³/mol. The predicted octanol–water partition coefficient (Wildman–Crippen LogP) is -1.84. The molecule has 2 unspecified atom stereocenters. The molecule has 5 N–H and O–H groups in total. The van der Waals surface area contributed by atoms with Gasteiger partial charge >= 0.3 is 0 Å². The van der Waals surface area contributed by atoms with E-state index >= 15 is 0 Å². The van der Waals surface area contributed by atoms with Gasteiger partial charge in [0.1, 0.15) is 5.84 Å². The number of rotatable bonds is 3. The average Bonchev–Trinajstić information content (AvgIpc) is 2.42. The average molecular weight is 189 g/mol. The summed E-state index contributed by atoms with van der Waals surface area (Å²) in [7, 11) is 0. The second-order valence-corrected chi connectivity index (χ2v) is 3.24. The molecule has 0 bridgehead atoms. The first-order chi connectivity index (χ1) is 6.13. The van der Waals surface area contributed by atoms with Crippen molar-refractivity contribution in [2.45, 2.75) is 18.6 Å². The molecular weight excluding hydrogens is 174 g/mol. The third kappa shape index (κ3) is 2.83. The van der Waals surface area contributed by atoms with Gasteiger partial charge in [-0.15, -0.1) is 0 Å². The summed E-state index contributed by atoms with van der Waals surface area (Å²) in [4.78, 5) is 1.87. The largest absolute Gasteiger partial charge is 0.409 e. The number of nitrogens with two attached hydrogens (primary N) is 1. The Morgan fingerprint density at radius 1 is 1.38 bits per heavy atom. The molecule has 0 amide bonds. The number of amidine groups is 1. The molecule has 0 saturated carbocycles. The Morgan fingerprint density at radius 2 is 1.92 bits per heavy atom. The van der Waals surface area contributed by atoms with Gasteiger partial charge in [0, 0.05) is 26.1 Å². The minimum Gasteiger partial charge on any atom is -0.409 e. The molecule has 1 saturated heterocycles. The summed E-state index contributed by atoms with van der Waals surface area (Å²) < 4.78 is 0. The number of hydrogen-bond acceptors (Lipinski definition) is 5. The molecule has 1 aliphatic rings. The molecule has 1 rings (SSSR count). The van der Waals surface area contributed by atoms with Crippen LogP contribution in [-0.4, -0.2) is 58.0 Å². The van der Waals surface area contributed by atoms with Crippen molar-refractivity contribution in [1.29, 1.82) is 0 Å². The first-order valence-corrected chi connectivity index (χ1v) is 4.18. The van der Waals surface area contributed by atoms with Gasteiger partial charge in [-0.05, 0) is 0 Å². The van der Waals surface area contributed by atoms with E-state index in [0.717, 1.165) is 0 Å². The zero-order valence-electron chi connectivity index (χ0n) is 7.30. The molecule has 1 aliphatic heterocycles. The molecule has 0 spiro atoms. The number of oxime groups is 1. The van der Waals surface area contributed by atoms with Gasteiger partial charge in [0.2, 0.25) is 0 Å². The van der Waals surface area contributed by atoms with Gasteiger partial charge < -0.3 is 21.2 Å². The summed E-state index contributed by atoms with van der Waals surface area (Å²) >= 11 is 0. The molecule has 0 radical (unpaired) electrons. The molecule has 6 heteroatoms. The van der Waals surface area contributed by atoms with E-state index in [-0.39, 0.29) is 5.84 Å². The minimum absolute atomic E-state index is 0.163. The lowest BCUT2D eigenvalue weighted by molar-refractivity contribution is 0.0572. The summed E-state index contributed by atoms with van der Waals surface area (Å²) in [5.41, 5.74) is 5.27. The Kier molecular flexibility index (Phi) is 3.47. The fraction of sp³-hybridized carbons (Fsp3) is 0.857. The number of hydrogen-bond donors (Lipinski definition) is 4. The Balaban J connectivity index is 2.24. The maximum absolute atomic E-state index is 9.19. The number of β-amino-alcohol motifs (C(OH)–C–C–N with tert-alkyl or cyclic N) is 2. The van der Waals surface area contributed by atoms with E-state index in [1.807, 2.05) is 4.90 Å². The van der Waals surface area contributed by atoms with E-state index in [0.29, 0.717) is 26.1 Å². The number of aliphatic hydroxyl groups excluding tert-OH is 2. The number of aliphatic hydroxyl groups is 2. The van der Waals surface area contributed by atoms with Crippen LogP contribution in [0, 0.1) is 0 Å². The molecule has 2 atom stereocenters. The second kappa shape index (κ2) is 4.40. The second-order valence-electron chi connectivity index (χ2n) is 3.24. The minimum atomic E-state index is -0.674. The first-order valence-electron chi connectivity index (χ1n) is 4.18. The third-order valence-electron chi connectivity index (χ3n) is 2.15. The SMILES string of the molecule is NC(CCN1CC(O)C(O)C1)=NO. The third-order valence-corrected chi connectivity index (χ3v) is 2.15. The van der Waals surface area contributed by atoms with Gasteiger partial charge in [-0.2, -0.15) is 0 Å². The van der Waals surface area contributed by atoms with Crippen molar-refractivity contribution in [3.05, 3.63) is 0 Å². The van der Waals surface area contributed by atoms with Crippen LogP contribution in [0.25, 0.3) is 0 Å². The van der Waals surface area contributed by atoms with Crippen LogP contribution in [-0.2, 0) is 0 Å². The van der Waals surface area contributed by atoms with Gasteiger partial charge in [-0.1, -0.05) is 5.16 Å². The lowest BCUT2D eigenvalue weighted by atomic mass is 10.3. The summed E-state index contributed by atoms with van der Waals surface area (Å²) in [5.74, 6) is 0.163. The fourth-order valence-corrected chi connectivity index (χ4v) is 1.35. The van der Waals surface area contributed by atoms with E-state index in [2.05, 4.69) is 5.16 Å². The quantitative estimate of drug-likeness (QED) is 0.181. The Bertz CT molecular complexity index is 187. The van der Waals surface area contributed by atoms with Crippen molar-refractivity contribution in [2.75, 3.05) is 19.6 Å². The monoisotopic (exact) mass is 189 g/mol. The van der Waals surface area contributed by atoms with Crippen LogP contribution >= 0.6 is 0 Å². The lowest BCUT2D eigenvalue weighted by Crippen LogP contribution is -2.27. The van der Waals surface area contributed by atoms with E-state index in [1.54, 1.807) is 0 Å². The van der Waals surface area contributed by atoms with Crippen LogP contribution in [0.2, 0.25) is 0 Å². The Hall–Kier alpha value is -0.850. The highest BCUT2D eigenvalue weighted by atomic mass is 16.4. The normalized spacial score (nSPS) is 31.1. The Labute approximate surface area is 76.3 Å². The summed E-state index contributed by atoms with van der Waals surface area (Å²) in [6.45, 7) is 1.48. The highest BCUT2D eigenvalue weighted by molar-refractivity contribution is 5.79. The zero-order valence-corrected chi connectivity index (χ0v) is 7.30. The first kappa shape index (κ1) is 10.2. The fourth-order valence-electron chi connectivity index (χ4n) is 1.35. The van der Waals surface area contributed by atoms with Crippen molar-refractivity contribution in [2.24, 2.45) is 10.9 Å². The lowest BCUT2D eigenvalue weighted by Gasteiger charge is -2.13. The highest BCUT2D eigenvalue weighted by Gasteiger charge is 2.28. The van der Waals surface area contributed by atoms with Crippen molar-refractivity contribution < 1.29 is 15.4 Å². The topological polar surface area (TPSA) is 102 Å². The molecule has 0 aromatic heterocycles. The summed E-state index contributed by atoms with van der Waals surface area (Å²) in [6.07, 6.45) is -0.907. The molecule has 0 aromatic carbocycles. The van der Waals surface area contributed by atoms with Gasteiger partial charge in [0.15, 0.2) is 0 Å². The molecule has 13 heavy (non-hydrogen) atoms. The van der Waals surface area contributed by atoms with Crippen LogP contribution < -0.4 is 5.73 Å². The number of nitrogens with zero attached hydrogens (tertiary/aromatic N) is 2. The molecule has 1 fully saturated rings. The van der Waals surface area contributed by atoms with Crippen LogP contribution in [0.1, 0.15) is 6.42 Å². The molecule has 1 heterocycles. The highest BCUT2D eigenvalue weighted by Crippen LogP contribution is 2.09. The Morgan fingerprint density at radius 3 is 2.38 bits per heavy atom. The van der Waals surface area contributed by atoms with Crippen molar-refractivity contribution in [1.82, 2.24) is 4.90 Å². The molecule has 6 nitrogen and oxygen atoms in total. The van der Waals surface area contributed by atoms with Gasteiger partial charge in [-0.3, -0.25) is 4.90 Å². The van der Waals surface area contributed by atoms with Gasteiger partial charge in [0.05, 0.1) is 12.2 Å². The van der Waals surface area contributed by atoms with Crippen LogP contribution in [0.4, 0.5) is 0 Å².